The highest BCUT2D eigenvalue weighted by Gasteiger charge is 2.22. The van der Waals surface area contributed by atoms with E-state index in [1.807, 2.05) is 0 Å². The first kappa shape index (κ1) is 16.3. The van der Waals surface area contributed by atoms with E-state index in [4.69, 9.17) is 10.7 Å². The monoisotopic (exact) mass is 329 g/mol. The molecular formula is C15H20ClNO3S. The molecule has 2 atom stereocenters. The van der Waals surface area contributed by atoms with E-state index < -0.39 is 9.05 Å². The van der Waals surface area contributed by atoms with Crippen molar-refractivity contribution in [1.29, 1.82) is 0 Å². The van der Waals surface area contributed by atoms with E-state index in [0.717, 1.165) is 19.3 Å². The van der Waals surface area contributed by atoms with Gasteiger partial charge in [0.25, 0.3) is 15.0 Å². The molecule has 0 aliphatic heterocycles. The van der Waals surface area contributed by atoms with E-state index >= 15 is 0 Å². The van der Waals surface area contributed by atoms with Crippen molar-refractivity contribution < 1.29 is 13.2 Å². The van der Waals surface area contributed by atoms with Gasteiger partial charge in [-0.25, -0.2) is 8.42 Å². The molecule has 1 aromatic rings. The Hall–Kier alpha value is -1.07. The smallest absolute Gasteiger partial charge is 0.261 e. The van der Waals surface area contributed by atoms with Crippen LogP contribution in [-0.4, -0.2) is 20.4 Å². The van der Waals surface area contributed by atoms with E-state index in [-0.39, 0.29) is 16.8 Å². The highest BCUT2D eigenvalue weighted by atomic mass is 35.7. The molecule has 0 saturated heterocycles. The summed E-state index contributed by atoms with van der Waals surface area (Å²) in [4.78, 5) is 12.3. The van der Waals surface area contributed by atoms with Gasteiger partial charge in [0.15, 0.2) is 0 Å². The van der Waals surface area contributed by atoms with Gasteiger partial charge in [-0.2, -0.15) is 0 Å². The number of halogens is 1. The molecule has 1 aliphatic carbocycles. The van der Waals surface area contributed by atoms with Crippen LogP contribution in [-0.2, 0) is 9.05 Å². The van der Waals surface area contributed by atoms with E-state index in [1.54, 1.807) is 6.92 Å². The maximum atomic E-state index is 12.3. The highest BCUT2D eigenvalue weighted by molar-refractivity contribution is 8.13. The van der Waals surface area contributed by atoms with E-state index in [1.165, 1.54) is 24.6 Å². The zero-order valence-electron chi connectivity index (χ0n) is 12.2. The molecule has 0 aromatic heterocycles. The average Bonchev–Trinajstić information content (AvgIpc) is 2.37. The summed E-state index contributed by atoms with van der Waals surface area (Å²) in [7, 11) is 1.54. The normalized spacial score (nSPS) is 22.8. The molecule has 2 rings (SSSR count). The topological polar surface area (TPSA) is 63.2 Å². The minimum Gasteiger partial charge on any atom is -0.349 e. The summed E-state index contributed by atoms with van der Waals surface area (Å²) >= 11 is 0. The van der Waals surface area contributed by atoms with Gasteiger partial charge in [-0.05, 0) is 49.4 Å². The number of carbonyl (C=O) groups is 1. The fraction of sp³-hybridized carbons (Fsp3) is 0.533. The average molecular weight is 330 g/mol. The SMILES string of the molecule is Cc1cc(S(=O)(=O)Cl)ccc1C(=O)NC1CCCC(C)C1. The van der Waals surface area contributed by atoms with Crippen LogP contribution in [0.3, 0.4) is 0 Å². The summed E-state index contributed by atoms with van der Waals surface area (Å²) in [5.41, 5.74) is 1.11. The molecule has 6 heteroatoms. The van der Waals surface area contributed by atoms with Crippen LogP contribution in [0, 0.1) is 12.8 Å². The lowest BCUT2D eigenvalue weighted by molar-refractivity contribution is 0.0920. The highest BCUT2D eigenvalue weighted by Crippen LogP contribution is 2.24. The standard InChI is InChI=1S/C15H20ClNO3S/c1-10-4-3-5-12(8-10)17-15(18)14-7-6-13(9-11(14)2)21(16,19)20/h6-7,9-10,12H,3-5,8H2,1-2H3,(H,17,18). The van der Waals surface area contributed by atoms with Crippen LogP contribution in [0.4, 0.5) is 0 Å². The Balaban J connectivity index is 2.12. The summed E-state index contributed by atoms with van der Waals surface area (Å²) in [5.74, 6) is 0.485. The third kappa shape index (κ3) is 4.20. The van der Waals surface area contributed by atoms with Crippen LogP contribution in [0.2, 0.25) is 0 Å². The number of hydrogen-bond donors (Lipinski definition) is 1. The second kappa shape index (κ2) is 6.36. The number of aryl methyl sites for hydroxylation is 1. The second-order valence-electron chi connectivity index (χ2n) is 5.86. The first-order chi connectivity index (χ1) is 9.77. The molecule has 1 N–H and O–H groups in total. The lowest BCUT2D eigenvalue weighted by atomic mass is 9.87. The molecule has 0 radical (unpaired) electrons. The van der Waals surface area contributed by atoms with Gasteiger partial charge in [0.05, 0.1) is 4.90 Å². The van der Waals surface area contributed by atoms with Gasteiger partial charge < -0.3 is 5.32 Å². The van der Waals surface area contributed by atoms with Crippen molar-refractivity contribution in [3.63, 3.8) is 0 Å². The molecule has 116 valence electrons. The summed E-state index contributed by atoms with van der Waals surface area (Å²) in [6.45, 7) is 3.91. The lowest BCUT2D eigenvalue weighted by Crippen LogP contribution is -2.38. The van der Waals surface area contributed by atoms with Crippen LogP contribution in [0.25, 0.3) is 0 Å². The van der Waals surface area contributed by atoms with Crippen molar-refractivity contribution in [2.24, 2.45) is 5.92 Å². The molecule has 2 unspecified atom stereocenters. The molecule has 1 aliphatic rings. The second-order valence-corrected chi connectivity index (χ2v) is 8.42. The predicted molar refractivity (Wildman–Crippen MR) is 83.1 cm³/mol. The molecular weight excluding hydrogens is 310 g/mol. The van der Waals surface area contributed by atoms with E-state index in [0.29, 0.717) is 17.0 Å². The van der Waals surface area contributed by atoms with Crippen molar-refractivity contribution in [2.45, 2.75) is 50.5 Å². The zero-order chi connectivity index (χ0) is 15.6. The minimum absolute atomic E-state index is 0.0181. The molecule has 0 bridgehead atoms. The van der Waals surface area contributed by atoms with Crippen molar-refractivity contribution in [2.75, 3.05) is 0 Å². The maximum Gasteiger partial charge on any atom is 0.261 e. The van der Waals surface area contributed by atoms with Gasteiger partial charge >= 0.3 is 0 Å². The molecule has 0 heterocycles. The zero-order valence-corrected chi connectivity index (χ0v) is 13.8. The summed E-state index contributed by atoms with van der Waals surface area (Å²) in [6, 6.07) is 4.53. The van der Waals surface area contributed by atoms with Crippen LogP contribution in [0.15, 0.2) is 23.1 Å². The largest absolute Gasteiger partial charge is 0.349 e. The third-order valence-corrected chi connectivity index (χ3v) is 5.35. The molecule has 1 fully saturated rings. The van der Waals surface area contributed by atoms with Crippen molar-refractivity contribution in [3.05, 3.63) is 29.3 Å². The Labute approximate surface area is 130 Å². The van der Waals surface area contributed by atoms with E-state index in [2.05, 4.69) is 12.2 Å². The van der Waals surface area contributed by atoms with Crippen LogP contribution >= 0.6 is 10.7 Å². The Kier molecular flexibility index (Phi) is 4.94. The Morgan fingerprint density at radius 2 is 2.05 bits per heavy atom. The molecule has 1 amide bonds. The first-order valence-corrected chi connectivity index (χ1v) is 9.44. The van der Waals surface area contributed by atoms with Crippen molar-refractivity contribution in [1.82, 2.24) is 5.32 Å². The molecule has 0 spiro atoms. The fourth-order valence-electron chi connectivity index (χ4n) is 2.87. The molecule has 21 heavy (non-hydrogen) atoms. The van der Waals surface area contributed by atoms with Crippen LogP contribution < -0.4 is 5.32 Å². The van der Waals surface area contributed by atoms with Crippen LogP contribution in [0.1, 0.15) is 48.5 Å². The molecule has 1 saturated carbocycles. The Morgan fingerprint density at radius 1 is 1.33 bits per heavy atom. The van der Waals surface area contributed by atoms with Gasteiger partial charge in [0, 0.05) is 22.3 Å². The summed E-state index contributed by atoms with van der Waals surface area (Å²) < 4.78 is 22.6. The predicted octanol–water partition coefficient (Wildman–Crippen LogP) is 3.23. The lowest BCUT2D eigenvalue weighted by Gasteiger charge is -2.27. The fourth-order valence-corrected chi connectivity index (χ4v) is 3.71. The van der Waals surface area contributed by atoms with Crippen molar-refractivity contribution >= 4 is 25.6 Å². The number of benzene rings is 1. The van der Waals surface area contributed by atoms with Gasteiger partial charge in [-0.3, -0.25) is 4.79 Å². The third-order valence-electron chi connectivity index (χ3n) is 4.00. The van der Waals surface area contributed by atoms with Gasteiger partial charge in [0.2, 0.25) is 0 Å². The molecule has 4 nitrogen and oxygen atoms in total. The minimum atomic E-state index is -3.76. The Bertz CT molecular complexity index is 642. The summed E-state index contributed by atoms with van der Waals surface area (Å²) in [6.07, 6.45) is 4.35. The van der Waals surface area contributed by atoms with E-state index in [9.17, 15) is 13.2 Å². The summed E-state index contributed by atoms with van der Waals surface area (Å²) in [5, 5.41) is 3.04. The first-order valence-electron chi connectivity index (χ1n) is 7.13. The number of hydrogen-bond acceptors (Lipinski definition) is 3. The van der Waals surface area contributed by atoms with Gasteiger partial charge in [0.1, 0.15) is 0 Å². The number of rotatable bonds is 3. The molecule has 1 aromatic carbocycles. The van der Waals surface area contributed by atoms with Crippen molar-refractivity contribution in [3.8, 4) is 0 Å². The van der Waals surface area contributed by atoms with Gasteiger partial charge in [-0.15, -0.1) is 0 Å². The quantitative estimate of drug-likeness (QED) is 0.866. The number of carbonyl (C=O) groups excluding carboxylic acids is 1. The van der Waals surface area contributed by atoms with Gasteiger partial charge in [-0.1, -0.05) is 19.8 Å². The number of nitrogens with one attached hydrogen (secondary N) is 1. The Morgan fingerprint density at radius 3 is 2.62 bits per heavy atom. The number of amides is 1. The maximum absolute atomic E-state index is 12.3. The van der Waals surface area contributed by atoms with Crippen LogP contribution in [0.5, 0.6) is 0 Å².